The van der Waals surface area contributed by atoms with Crippen molar-refractivity contribution in [2.24, 2.45) is 0 Å². The zero-order valence-corrected chi connectivity index (χ0v) is 9.61. The Kier molecular flexibility index (Phi) is 3.45. The largest absolute Gasteiger partial charge is 0.486 e. The summed E-state index contributed by atoms with van der Waals surface area (Å²) < 4.78 is 6.00. The molecule has 1 atom stereocenters. The summed E-state index contributed by atoms with van der Waals surface area (Å²) in [5.41, 5.74) is 2.50. The van der Waals surface area contributed by atoms with Crippen LogP contribution in [0.1, 0.15) is 25.7 Å². The Morgan fingerprint density at radius 3 is 2.88 bits per heavy atom. The zero-order chi connectivity index (χ0) is 11.4. The lowest BCUT2D eigenvalue weighted by Gasteiger charge is -2.30. The Bertz CT molecular complexity index is 382. The highest BCUT2D eigenvalue weighted by Crippen LogP contribution is 2.33. The lowest BCUT2D eigenvalue weighted by Crippen LogP contribution is -2.21. The molecular weight excluding hydrogens is 196 g/mol. The maximum absolute atomic E-state index is 6.00. The standard InChI is InChI=1S/C15H18O/c1-3-7-12(4-2)15-11-10-13-8-5-6-9-14(13)16-15/h3-4,7-9,15H,1-2,5-6,10-11H2/b12-7+. The molecule has 0 aromatic heterocycles. The molecule has 1 heterocycles. The first-order valence-corrected chi connectivity index (χ1v) is 5.86. The van der Waals surface area contributed by atoms with E-state index in [9.17, 15) is 0 Å². The van der Waals surface area contributed by atoms with Crippen LogP contribution in [0.3, 0.4) is 0 Å². The summed E-state index contributed by atoms with van der Waals surface area (Å²) in [4.78, 5) is 0. The normalized spacial score (nSPS) is 24.8. The second kappa shape index (κ2) is 5.02. The molecule has 1 aliphatic carbocycles. The van der Waals surface area contributed by atoms with Crippen LogP contribution in [0, 0.1) is 0 Å². The van der Waals surface area contributed by atoms with Crippen LogP contribution in [-0.2, 0) is 4.74 Å². The van der Waals surface area contributed by atoms with E-state index in [2.05, 4.69) is 25.3 Å². The fourth-order valence-electron chi connectivity index (χ4n) is 2.23. The molecule has 0 aromatic carbocycles. The average Bonchev–Trinajstić information content (AvgIpc) is 2.35. The summed E-state index contributed by atoms with van der Waals surface area (Å²) in [6.45, 7) is 7.55. The van der Waals surface area contributed by atoms with Crippen molar-refractivity contribution in [3.8, 4) is 0 Å². The quantitative estimate of drug-likeness (QED) is 0.643. The smallest absolute Gasteiger partial charge is 0.124 e. The third-order valence-electron chi connectivity index (χ3n) is 3.07. The third kappa shape index (κ3) is 2.19. The van der Waals surface area contributed by atoms with Gasteiger partial charge in [-0.3, -0.25) is 0 Å². The Labute approximate surface area is 97.5 Å². The minimum absolute atomic E-state index is 0.150. The van der Waals surface area contributed by atoms with Crippen molar-refractivity contribution in [2.75, 3.05) is 0 Å². The van der Waals surface area contributed by atoms with Crippen molar-refractivity contribution >= 4 is 0 Å². The first-order chi connectivity index (χ1) is 7.85. The summed E-state index contributed by atoms with van der Waals surface area (Å²) in [7, 11) is 0. The molecule has 2 aliphatic rings. The van der Waals surface area contributed by atoms with Crippen molar-refractivity contribution in [1.82, 2.24) is 0 Å². The summed E-state index contributed by atoms with van der Waals surface area (Å²) in [6, 6.07) is 0. The molecule has 1 unspecified atom stereocenters. The first-order valence-electron chi connectivity index (χ1n) is 5.86. The van der Waals surface area contributed by atoms with Gasteiger partial charge in [-0.15, -0.1) is 0 Å². The fraction of sp³-hybridized carbons (Fsp3) is 0.333. The minimum Gasteiger partial charge on any atom is -0.486 e. The number of hydrogen-bond donors (Lipinski definition) is 0. The van der Waals surface area contributed by atoms with Gasteiger partial charge in [-0.05, 0) is 42.9 Å². The van der Waals surface area contributed by atoms with Gasteiger partial charge in [0.25, 0.3) is 0 Å². The lowest BCUT2D eigenvalue weighted by atomic mass is 9.93. The van der Waals surface area contributed by atoms with E-state index in [1.807, 2.05) is 12.2 Å². The predicted octanol–water partition coefficient (Wildman–Crippen LogP) is 4.07. The molecule has 0 spiro atoms. The molecule has 0 amide bonds. The number of hydrogen-bond acceptors (Lipinski definition) is 1. The molecule has 1 aliphatic heterocycles. The number of rotatable bonds is 3. The second-order valence-electron chi connectivity index (χ2n) is 4.13. The van der Waals surface area contributed by atoms with Crippen LogP contribution in [0.15, 0.2) is 60.4 Å². The summed E-state index contributed by atoms with van der Waals surface area (Å²) in [5, 5.41) is 0. The maximum atomic E-state index is 6.00. The molecule has 1 saturated heterocycles. The molecule has 0 N–H and O–H groups in total. The number of ether oxygens (including phenoxy) is 1. The van der Waals surface area contributed by atoms with E-state index >= 15 is 0 Å². The third-order valence-corrected chi connectivity index (χ3v) is 3.07. The van der Waals surface area contributed by atoms with Crippen LogP contribution < -0.4 is 0 Å². The van der Waals surface area contributed by atoms with Crippen LogP contribution in [0.2, 0.25) is 0 Å². The molecule has 1 heteroatoms. The molecule has 84 valence electrons. The van der Waals surface area contributed by atoms with Crippen LogP contribution in [-0.4, -0.2) is 6.10 Å². The summed E-state index contributed by atoms with van der Waals surface area (Å²) in [5.74, 6) is 1.08. The fourth-order valence-corrected chi connectivity index (χ4v) is 2.23. The molecule has 16 heavy (non-hydrogen) atoms. The molecule has 1 fully saturated rings. The summed E-state index contributed by atoms with van der Waals surface area (Å²) in [6.07, 6.45) is 14.7. The van der Waals surface area contributed by atoms with Crippen molar-refractivity contribution in [2.45, 2.75) is 31.8 Å². The van der Waals surface area contributed by atoms with Gasteiger partial charge < -0.3 is 4.74 Å². The predicted molar refractivity (Wildman–Crippen MR) is 68.0 cm³/mol. The van der Waals surface area contributed by atoms with Gasteiger partial charge in [0.2, 0.25) is 0 Å². The van der Waals surface area contributed by atoms with Crippen molar-refractivity contribution < 1.29 is 4.74 Å². The molecule has 0 saturated carbocycles. The van der Waals surface area contributed by atoms with E-state index in [1.54, 1.807) is 6.08 Å². The molecule has 0 radical (unpaired) electrons. The van der Waals surface area contributed by atoms with Gasteiger partial charge in [-0.1, -0.05) is 37.5 Å². The van der Waals surface area contributed by atoms with Crippen LogP contribution in [0.5, 0.6) is 0 Å². The van der Waals surface area contributed by atoms with Gasteiger partial charge >= 0.3 is 0 Å². The van der Waals surface area contributed by atoms with Crippen LogP contribution in [0.4, 0.5) is 0 Å². The first kappa shape index (κ1) is 11.0. The minimum atomic E-state index is 0.150. The Balaban J connectivity index is 2.13. The lowest BCUT2D eigenvalue weighted by molar-refractivity contribution is 0.124. The Morgan fingerprint density at radius 2 is 2.12 bits per heavy atom. The molecule has 1 nitrogen and oxygen atoms in total. The van der Waals surface area contributed by atoms with Gasteiger partial charge in [-0.2, -0.15) is 0 Å². The van der Waals surface area contributed by atoms with Crippen molar-refractivity contribution in [3.63, 3.8) is 0 Å². The van der Waals surface area contributed by atoms with E-state index in [0.717, 1.165) is 37.0 Å². The zero-order valence-electron chi connectivity index (χ0n) is 9.61. The van der Waals surface area contributed by atoms with Gasteiger partial charge in [0.05, 0.1) is 0 Å². The molecular formula is C15H18O. The van der Waals surface area contributed by atoms with E-state index in [4.69, 9.17) is 4.74 Å². The number of allylic oxidation sites excluding steroid dienone is 5. The maximum Gasteiger partial charge on any atom is 0.124 e. The van der Waals surface area contributed by atoms with E-state index in [0.29, 0.717) is 0 Å². The van der Waals surface area contributed by atoms with Crippen molar-refractivity contribution in [1.29, 1.82) is 0 Å². The Hall–Kier alpha value is -1.50. The van der Waals surface area contributed by atoms with Gasteiger partial charge in [-0.25, -0.2) is 0 Å². The van der Waals surface area contributed by atoms with Gasteiger partial charge in [0, 0.05) is 0 Å². The molecule has 0 bridgehead atoms. The molecule has 0 aromatic rings. The van der Waals surface area contributed by atoms with E-state index in [1.165, 1.54) is 5.57 Å². The topological polar surface area (TPSA) is 9.23 Å². The van der Waals surface area contributed by atoms with E-state index in [-0.39, 0.29) is 6.10 Å². The van der Waals surface area contributed by atoms with Crippen molar-refractivity contribution in [3.05, 3.63) is 60.4 Å². The summed E-state index contributed by atoms with van der Waals surface area (Å²) >= 11 is 0. The number of fused-ring (bicyclic) bond motifs is 1. The monoisotopic (exact) mass is 214 g/mol. The SMILES string of the molecule is C=C/C=C(\C=C)C1CCC2=CCCC=C2O1. The highest BCUT2D eigenvalue weighted by Gasteiger charge is 2.24. The Morgan fingerprint density at radius 1 is 1.31 bits per heavy atom. The average molecular weight is 214 g/mol. The van der Waals surface area contributed by atoms with Gasteiger partial charge in [0.1, 0.15) is 11.9 Å². The van der Waals surface area contributed by atoms with E-state index < -0.39 is 0 Å². The van der Waals surface area contributed by atoms with Gasteiger partial charge in [0.15, 0.2) is 0 Å². The molecule has 2 rings (SSSR count). The van der Waals surface area contributed by atoms with Crippen LogP contribution >= 0.6 is 0 Å². The van der Waals surface area contributed by atoms with Crippen LogP contribution in [0.25, 0.3) is 0 Å². The highest BCUT2D eigenvalue weighted by atomic mass is 16.5. The second-order valence-corrected chi connectivity index (χ2v) is 4.13. The highest BCUT2D eigenvalue weighted by molar-refractivity contribution is 5.35.